The summed E-state index contributed by atoms with van der Waals surface area (Å²) in [6.07, 6.45) is -6.14. The van der Waals surface area contributed by atoms with Gasteiger partial charge in [-0.15, -0.1) is 0 Å². The van der Waals surface area contributed by atoms with Crippen LogP contribution in [-0.2, 0) is 28.7 Å². The summed E-state index contributed by atoms with van der Waals surface area (Å²) in [6.45, 7) is -0.718. The van der Waals surface area contributed by atoms with Crippen LogP contribution >= 0.6 is 0 Å². The molecule has 1 aromatic heterocycles. The molecule has 2 heterocycles. The summed E-state index contributed by atoms with van der Waals surface area (Å²) in [7, 11) is 0. The molecule has 0 radical (unpaired) electrons. The van der Waals surface area contributed by atoms with E-state index < -0.39 is 59.4 Å². The summed E-state index contributed by atoms with van der Waals surface area (Å²) >= 11 is 0. The highest BCUT2D eigenvalue weighted by Gasteiger charge is 2.40. The number of amides is 2. The highest BCUT2D eigenvalue weighted by Crippen LogP contribution is 2.33. The number of Topliss-reactive ketones (excluding diaryl/α,β-unsaturated/α-hetero) is 1. The molecule has 0 saturated carbocycles. The monoisotopic (exact) mass is 493 g/mol. The Morgan fingerprint density at radius 2 is 1.77 bits per heavy atom. The van der Waals surface area contributed by atoms with Crippen molar-refractivity contribution in [2.24, 2.45) is 5.73 Å². The third-order valence-corrected chi connectivity index (χ3v) is 6.05. The Balaban J connectivity index is 1.56. The predicted molar refractivity (Wildman–Crippen MR) is 116 cm³/mol. The van der Waals surface area contributed by atoms with Gasteiger partial charge in [-0.2, -0.15) is 13.2 Å². The van der Waals surface area contributed by atoms with Crippen LogP contribution in [0.2, 0.25) is 0 Å². The number of para-hydroxylation sites is 1. The fourth-order valence-corrected chi connectivity index (χ4v) is 4.42. The van der Waals surface area contributed by atoms with Crippen molar-refractivity contribution in [3.05, 3.63) is 71.2 Å². The van der Waals surface area contributed by atoms with Crippen molar-refractivity contribution in [1.82, 2.24) is 9.47 Å². The maximum absolute atomic E-state index is 14.4. The van der Waals surface area contributed by atoms with Gasteiger partial charge in [-0.1, -0.05) is 30.3 Å². The molecule has 0 aliphatic carbocycles. The second-order valence-corrected chi connectivity index (χ2v) is 8.37. The molecule has 0 unspecified atom stereocenters. The summed E-state index contributed by atoms with van der Waals surface area (Å²) in [5.41, 5.74) is 4.13. The first-order valence-corrected chi connectivity index (χ1v) is 10.7. The number of carbonyl (C=O) groups is 3. The van der Waals surface area contributed by atoms with E-state index in [0.29, 0.717) is 17.0 Å². The number of benzene rings is 2. The van der Waals surface area contributed by atoms with Gasteiger partial charge < -0.3 is 15.2 Å². The standard InChI is InChI=1S/C24H20F5N3O3/c25-14-9-19(20(33)8-13-4-3-6-17(22(13)26)24(27,28)29)32(10-14)21(34)12-31-11-16(23(30)35)15-5-1-2-7-18(15)31/h1-7,11,14,19H,8-10,12H2,(H2,30,35)/t14-,19+/m1/s1. The molecule has 6 nitrogen and oxygen atoms in total. The van der Waals surface area contributed by atoms with Gasteiger partial charge in [0.05, 0.1) is 23.7 Å². The minimum absolute atomic E-state index is 0.186. The van der Waals surface area contributed by atoms with Crippen LogP contribution in [0.4, 0.5) is 22.0 Å². The number of fused-ring (bicyclic) bond motifs is 1. The fourth-order valence-electron chi connectivity index (χ4n) is 4.42. The molecule has 2 amide bonds. The SMILES string of the molecule is NC(=O)c1cn(CC(=O)N2C[C@H](F)C[C@H]2C(=O)Cc2cccc(C(F)(F)F)c2F)c2ccccc12. The summed E-state index contributed by atoms with van der Waals surface area (Å²) in [5.74, 6) is -3.68. The normalized spacial score (nSPS) is 18.3. The van der Waals surface area contributed by atoms with Crippen LogP contribution in [-0.4, -0.2) is 45.8 Å². The van der Waals surface area contributed by atoms with E-state index in [1.165, 1.54) is 10.8 Å². The molecule has 0 bridgehead atoms. The maximum Gasteiger partial charge on any atom is 0.419 e. The van der Waals surface area contributed by atoms with Crippen molar-refractivity contribution in [1.29, 1.82) is 0 Å². The highest BCUT2D eigenvalue weighted by molar-refractivity contribution is 6.06. The predicted octanol–water partition coefficient (Wildman–Crippen LogP) is 3.65. The van der Waals surface area contributed by atoms with Gasteiger partial charge in [0.2, 0.25) is 5.91 Å². The molecular formula is C24H20F5N3O3. The van der Waals surface area contributed by atoms with Gasteiger partial charge >= 0.3 is 6.18 Å². The molecule has 11 heteroatoms. The molecule has 1 aliphatic heterocycles. The third-order valence-electron chi connectivity index (χ3n) is 6.05. The molecule has 3 aromatic rings. The van der Waals surface area contributed by atoms with Gasteiger partial charge in [-0.05, 0) is 17.7 Å². The first-order chi connectivity index (χ1) is 16.5. The van der Waals surface area contributed by atoms with Crippen molar-refractivity contribution in [3.63, 3.8) is 0 Å². The average molecular weight is 493 g/mol. The Bertz CT molecular complexity index is 1320. The summed E-state index contributed by atoms with van der Waals surface area (Å²) in [5, 5.41) is 0.519. The number of nitrogens with two attached hydrogens (primary N) is 1. The van der Waals surface area contributed by atoms with Crippen LogP contribution in [0.5, 0.6) is 0 Å². The number of hydrogen-bond donors (Lipinski definition) is 1. The van der Waals surface area contributed by atoms with E-state index in [0.717, 1.165) is 17.0 Å². The highest BCUT2D eigenvalue weighted by atomic mass is 19.4. The average Bonchev–Trinajstić information content (AvgIpc) is 3.35. The number of alkyl halides is 4. The molecule has 0 spiro atoms. The lowest BCUT2D eigenvalue weighted by Crippen LogP contribution is -2.42. The molecular weight excluding hydrogens is 473 g/mol. The van der Waals surface area contributed by atoms with Crippen LogP contribution in [0.3, 0.4) is 0 Å². The first kappa shape index (κ1) is 24.4. The fraction of sp³-hybridized carbons (Fsp3) is 0.292. The van der Waals surface area contributed by atoms with Crippen molar-refractivity contribution in [2.75, 3.05) is 6.54 Å². The van der Waals surface area contributed by atoms with E-state index >= 15 is 0 Å². The van der Waals surface area contributed by atoms with E-state index in [4.69, 9.17) is 5.73 Å². The van der Waals surface area contributed by atoms with Crippen LogP contribution < -0.4 is 5.73 Å². The van der Waals surface area contributed by atoms with Gasteiger partial charge in [0.1, 0.15) is 18.5 Å². The Labute approximate surface area is 196 Å². The van der Waals surface area contributed by atoms with Crippen LogP contribution in [0.1, 0.15) is 27.9 Å². The molecule has 2 N–H and O–H groups in total. The summed E-state index contributed by atoms with van der Waals surface area (Å²) in [6, 6.07) is 8.03. The molecule has 2 atom stereocenters. The summed E-state index contributed by atoms with van der Waals surface area (Å²) in [4.78, 5) is 38.7. The van der Waals surface area contributed by atoms with Crippen LogP contribution in [0.15, 0.2) is 48.7 Å². The second kappa shape index (κ2) is 9.12. The number of halogens is 5. The Kier molecular flexibility index (Phi) is 6.35. The van der Waals surface area contributed by atoms with Gasteiger partial charge in [-0.3, -0.25) is 14.4 Å². The molecule has 1 saturated heterocycles. The molecule has 35 heavy (non-hydrogen) atoms. The lowest BCUT2D eigenvalue weighted by Gasteiger charge is -2.24. The number of nitrogens with zero attached hydrogens (tertiary/aromatic N) is 2. The van der Waals surface area contributed by atoms with E-state index in [1.54, 1.807) is 24.3 Å². The van der Waals surface area contributed by atoms with Gasteiger partial charge in [0.25, 0.3) is 5.91 Å². The number of aromatic nitrogens is 1. The van der Waals surface area contributed by atoms with E-state index in [1.807, 2.05) is 0 Å². The number of ketones is 1. The van der Waals surface area contributed by atoms with Gasteiger partial charge in [0.15, 0.2) is 5.78 Å². The second-order valence-electron chi connectivity index (χ2n) is 8.37. The molecule has 184 valence electrons. The number of carbonyl (C=O) groups excluding carboxylic acids is 3. The zero-order chi connectivity index (χ0) is 25.5. The van der Waals surface area contributed by atoms with Gasteiger partial charge in [0, 0.05) is 29.9 Å². The van der Waals surface area contributed by atoms with Crippen molar-refractivity contribution >= 4 is 28.5 Å². The molecule has 4 rings (SSSR count). The molecule has 1 aliphatic rings. The first-order valence-electron chi connectivity index (χ1n) is 10.7. The van der Waals surface area contributed by atoms with E-state index in [-0.39, 0.29) is 25.1 Å². The zero-order valence-electron chi connectivity index (χ0n) is 18.2. The van der Waals surface area contributed by atoms with Crippen LogP contribution in [0.25, 0.3) is 10.9 Å². The number of rotatable bonds is 6. The Morgan fingerprint density at radius 1 is 1.06 bits per heavy atom. The third kappa shape index (κ3) is 4.75. The zero-order valence-corrected chi connectivity index (χ0v) is 18.2. The quantitative estimate of drug-likeness (QED) is 0.532. The summed E-state index contributed by atoms with van der Waals surface area (Å²) < 4.78 is 69.1. The van der Waals surface area contributed by atoms with E-state index in [2.05, 4.69) is 0 Å². The number of hydrogen-bond acceptors (Lipinski definition) is 3. The van der Waals surface area contributed by atoms with Gasteiger partial charge in [-0.25, -0.2) is 8.78 Å². The minimum Gasteiger partial charge on any atom is -0.366 e. The molecule has 2 aromatic carbocycles. The Morgan fingerprint density at radius 3 is 2.46 bits per heavy atom. The number of likely N-dealkylation sites (tertiary alicyclic amines) is 1. The topological polar surface area (TPSA) is 85.4 Å². The lowest BCUT2D eigenvalue weighted by atomic mass is 9.99. The largest absolute Gasteiger partial charge is 0.419 e. The molecule has 1 fully saturated rings. The lowest BCUT2D eigenvalue weighted by molar-refractivity contribution is -0.140. The van der Waals surface area contributed by atoms with Crippen molar-refractivity contribution in [2.45, 2.75) is 37.8 Å². The van der Waals surface area contributed by atoms with Crippen LogP contribution in [0, 0.1) is 5.82 Å². The number of primary amides is 1. The smallest absolute Gasteiger partial charge is 0.366 e. The van der Waals surface area contributed by atoms with Crippen molar-refractivity contribution in [3.8, 4) is 0 Å². The minimum atomic E-state index is -4.94. The van der Waals surface area contributed by atoms with Crippen molar-refractivity contribution < 1.29 is 36.3 Å². The maximum atomic E-state index is 14.4. The van der Waals surface area contributed by atoms with E-state index in [9.17, 15) is 36.3 Å². The Hall–Kier alpha value is -3.76.